The zero-order chi connectivity index (χ0) is 10.5. The first kappa shape index (κ1) is 9.58. The van der Waals surface area contributed by atoms with Crippen LogP contribution < -0.4 is 5.32 Å². The smallest absolute Gasteiger partial charge is 0.214 e. The van der Waals surface area contributed by atoms with Crippen molar-refractivity contribution in [1.82, 2.24) is 9.97 Å². The first-order valence-corrected chi connectivity index (χ1v) is 4.60. The second-order valence-corrected chi connectivity index (χ2v) is 3.05. The Labute approximate surface area is 87.0 Å². The summed E-state index contributed by atoms with van der Waals surface area (Å²) in [6.07, 6.45) is 3.44. The molecule has 0 aromatic carbocycles. The average molecular weight is 203 g/mol. The topological polar surface area (TPSA) is 37.8 Å². The third-order valence-electron chi connectivity index (χ3n) is 1.94. The summed E-state index contributed by atoms with van der Waals surface area (Å²) in [4.78, 5) is 7.61. The van der Waals surface area contributed by atoms with E-state index in [1.54, 1.807) is 24.5 Å². The Morgan fingerprint density at radius 1 is 1.13 bits per heavy atom. The lowest BCUT2D eigenvalue weighted by atomic mass is 10.3. The fourth-order valence-corrected chi connectivity index (χ4v) is 1.20. The molecule has 0 radical (unpaired) electrons. The van der Waals surface area contributed by atoms with Crippen molar-refractivity contribution in [2.24, 2.45) is 0 Å². The van der Waals surface area contributed by atoms with E-state index in [-0.39, 0.29) is 0 Å². The molecule has 0 aliphatic heterocycles. The minimum Gasteiger partial charge on any atom is -0.366 e. The van der Waals surface area contributed by atoms with Crippen molar-refractivity contribution >= 4 is 5.82 Å². The Balaban J connectivity index is 1.99. The highest BCUT2D eigenvalue weighted by Gasteiger charge is 1.96. The molecule has 0 spiro atoms. The summed E-state index contributed by atoms with van der Waals surface area (Å²) in [6.45, 7) is 0.610. The first-order chi connectivity index (χ1) is 7.34. The van der Waals surface area contributed by atoms with Gasteiger partial charge in [0.15, 0.2) is 0 Å². The van der Waals surface area contributed by atoms with Crippen LogP contribution in [0.4, 0.5) is 10.2 Å². The second-order valence-electron chi connectivity index (χ2n) is 3.05. The maximum atomic E-state index is 12.7. The minimum absolute atomic E-state index is 0.477. The number of pyridine rings is 2. The van der Waals surface area contributed by atoms with Crippen LogP contribution in [0, 0.1) is 5.95 Å². The molecule has 2 rings (SSSR count). The molecule has 0 saturated heterocycles. The normalized spacial score (nSPS) is 9.93. The Kier molecular flexibility index (Phi) is 2.88. The lowest BCUT2D eigenvalue weighted by Crippen LogP contribution is -2.01. The number of aromatic nitrogens is 2. The van der Waals surface area contributed by atoms with Gasteiger partial charge in [0, 0.05) is 18.9 Å². The van der Waals surface area contributed by atoms with Gasteiger partial charge in [-0.3, -0.25) is 4.98 Å². The highest BCUT2D eigenvalue weighted by Crippen LogP contribution is 2.05. The average Bonchev–Trinajstić information content (AvgIpc) is 2.28. The summed E-state index contributed by atoms with van der Waals surface area (Å²) in [5.74, 6) is 0.0570. The highest BCUT2D eigenvalue weighted by molar-refractivity contribution is 5.34. The monoisotopic (exact) mass is 203 g/mol. The first-order valence-electron chi connectivity index (χ1n) is 4.60. The molecule has 0 aliphatic rings. The van der Waals surface area contributed by atoms with E-state index in [9.17, 15) is 4.39 Å². The van der Waals surface area contributed by atoms with Crippen molar-refractivity contribution < 1.29 is 4.39 Å². The third-order valence-corrected chi connectivity index (χ3v) is 1.94. The van der Waals surface area contributed by atoms with Gasteiger partial charge in [0.2, 0.25) is 5.95 Å². The van der Waals surface area contributed by atoms with Gasteiger partial charge in [-0.1, -0.05) is 6.07 Å². The molecular formula is C11H10FN3. The largest absolute Gasteiger partial charge is 0.366 e. The summed E-state index contributed by atoms with van der Waals surface area (Å²) in [6, 6.07) is 8.46. The van der Waals surface area contributed by atoms with Crippen LogP contribution in [0.25, 0.3) is 0 Å². The fourth-order valence-electron chi connectivity index (χ4n) is 1.20. The van der Waals surface area contributed by atoms with E-state index in [4.69, 9.17) is 0 Å². The van der Waals surface area contributed by atoms with Crippen LogP contribution in [0.5, 0.6) is 0 Å². The lowest BCUT2D eigenvalue weighted by Gasteiger charge is -2.04. The molecule has 2 aromatic heterocycles. The Hall–Kier alpha value is -1.97. The van der Waals surface area contributed by atoms with E-state index in [1.165, 1.54) is 6.07 Å². The van der Waals surface area contributed by atoms with Crippen LogP contribution in [0.2, 0.25) is 0 Å². The number of halogens is 1. The molecule has 1 N–H and O–H groups in total. The van der Waals surface area contributed by atoms with Crippen molar-refractivity contribution in [3.63, 3.8) is 0 Å². The molecule has 0 bridgehead atoms. The van der Waals surface area contributed by atoms with E-state index in [0.717, 1.165) is 5.56 Å². The second kappa shape index (κ2) is 4.50. The summed E-state index contributed by atoms with van der Waals surface area (Å²) >= 11 is 0. The molecule has 0 unspecified atom stereocenters. The third kappa shape index (κ3) is 2.74. The zero-order valence-corrected chi connectivity index (χ0v) is 8.02. The van der Waals surface area contributed by atoms with E-state index in [0.29, 0.717) is 12.4 Å². The molecule has 0 amide bonds. The van der Waals surface area contributed by atoms with Crippen LogP contribution in [0.1, 0.15) is 5.56 Å². The van der Waals surface area contributed by atoms with Gasteiger partial charge < -0.3 is 5.32 Å². The summed E-state index contributed by atoms with van der Waals surface area (Å²) in [7, 11) is 0. The molecule has 0 fully saturated rings. The van der Waals surface area contributed by atoms with Crippen LogP contribution in [-0.2, 0) is 6.54 Å². The Morgan fingerprint density at radius 2 is 1.93 bits per heavy atom. The number of hydrogen-bond donors (Lipinski definition) is 1. The zero-order valence-electron chi connectivity index (χ0n) is 8.02. The van der Waals surface area contributed by atoms with E-state index >= 15 is 0 Å². The van der Waals surface area contributed by atoms with Gasteiger partial charge in [0.05, 0.1) is 0 Å². The quantitative estimate of drug-likeness (QED) is 0.777. The van der Waals surface area contributed by atoms with Crippen molar-refractivity contribution in [2.75, 3.05) is 5.32 Å². The molecule has 0 aliphatic carbocycles. The van der Waals surface area contributed by atoms with Gasteiger partial charge in [-0.05, 0) is 29.8 Å². The Bertz CT molecular complexity index is 431. The van der Waals surface area contributed by atoms with Crippen LogP contribution >= 0.6 is 0 Å². The van der Waals surface area contributed by atoms with E-state index in [2.05, 4.69) is 15.3 Å². The Morgan fingerprint density at radius 3 is 2.67 bits per heavy atom. The number of hydrogen-bond acceptors (Lipinski definition) is 3. The standard InChI is InChI=1S/C11H10FN3/c12-10-2-1-3-11(15-10)14-8-9-4-6-13-7-5-9/h1-7H,8H2,(H,14,15). The molecule has 76 valence electrons. The van der Waals surface area contributed by atoms with Gasteiger partial charge >= 0.3 is 0 Å². The number of nitrogens with one attached hydrogen (secondary N) is 1. The SMILES string of the molecule is Fc1cccc(NCc2ccncc2)n1. The predicted octanol–water partition coefficient (Wildman–Crippen LogP) is 2.23. The molecule has 0 atom stereocenters. The van der Waals surface area contributed by atoms with Crippen molar-refractivity contribution in [3.05, 3.63) is 54.2 Å². The van der Waals surface area contributed by atoms with Gasteiger partial charge in [0.25, 0.3) is 0 Å². The van der Waals surface area contributed by atoms with Gasteiger partial charge in [-0.15, -0.1) is 0 Å². The lowest BCUT2D eigenvalue weighted by molar-refractivity contribution is 0.585. The molecule has 4 heteroatoms. The summed E-state index contributed by atoms with van der Waals surface area (Å²) in [5, 5.41) is 3.02. The van der Waals surface area contributed by atoms with Crippen molar-refractivity contribution in [3.8, 4) is 0 Å². The fraction of sp³-hybridized carbons (Fsp3) is 0.0909. The minimum atomic E-state index is -0.477. The number of anilines is 1. The van der Waals surface area contributed by atoms with E-state index < -0.39 is 5.95 Å². The van der Waals surface area contributed by atoms with Crippen LogP contribution in [-0.4, -0.2) is 9.97 Å². The van der Waals surface area contributed by atoms with Gasteiger partial charge in [-0.2, -0.15) is 4.39 Å². The van der Waals surface area contributed by atoms with Gasteiger partial charge in [-0.25, -0.2) is 4.98 Å². The highest BCUT2D eigenvalue weighted by atomic mass is 19.1. The van der Waals surface area contributed by atoms with Crippen LogP contribution in [0.3, 0.4) is 0 Å². The summed E-state index contributed by atoms with van der Waals surface area (Å²) in [5.41, 5.74) is 1.08. The molecule has 3 nitrogen and oxygen atoms in total. The maximum absolute atomic E-state index is 12.7. The molecule has 2 heterocycles. The number of nitrogens with zero attached hydrogens (tertiary/aromatic N) is 2. The van der Waals surface area contributed by atoms with Crippen molar-refractivity contribution in [1.29, 1.82) is 0 Å². The van der Waals surface area contributed by atoms with E-state index in [1.807, 2.05) is 12.1 Å². The molecule has 2 aromatic rings. The van der Waals surface area contributed by atoms with Crippen molar-refractivity contribution in [2.45, 2.75) is 6.54 Å². The maximum Gasteiger partial charge on any atom is 0.214 e. The van der Waals surface area contributed by atoms with Crippen LogP contribution in [0.15, 0.2) is 42.7 Å². The summed E-state index contributed by atoms with van der Waals surface area (Å²) < 4.78 is 12.7. The molecular weight excluding hydrogens is 193 g/mol. The molecule has 15 heavy (non-hydrogen) atoms. The molecule has 0 saturated carbocycles. The number of rotatable bonds is 3. The predicted molar refractivity (Wildman–Crippen MR) is 55.8 cm³/mol. The van der Waals surface area contributed by atoms with Gasteiger partial charge in [0.1, 0.15) is 5.82 Å².